The van der Waals surface area contributed by atoms with Crippen LogP contribution in [0.25, 0.3) is 0 Å². The van der Waals surface area contributed by atoms with Crippen molar-refractivity contribution in [2.24, 2.45) is 11.8 Å². The minimum absolute atomic E-state index is 0.0128. The second kappa shape index (κ2) is 6.49. The second-order valence-electron chi connectivity index (χ2n) is 6.58. The van der Waals surface area contributed by atoms with Gasteiger partial charge in [-0.15, -0.1) is 11.3 Å². The van der Waals surface area contributed by atoms with Crippen LogP contribution in [0.3, 0.4) is 0 Å². The van der Waals surface area contributed by atoms with E-state index in [9.17, 15) is 4.79 Å². The lowest BCUT2D eigenvalue weighted by Crippen LogP contribution is -2.35. The van der Waals surface area contributed by atoms with E-state index < -0.39 is 0 Å². The van der Waals surface area contributed by atoms with Crippen molar-refractivity contribution < 1.29 is 4.79 Å². The highest BCUT2D eigenvalue weighted by Crippen LogP contribution is 2.36. The monoisotopic (exact) mass is 306 g/mol. The standard InChI is InChI=1S/C17H26N2OS/c1-3-6-14-17(20)19(11-13-8-4-7-12(13)2)16(18-14)15-9-5-10-21-15/h5,9-10,12-14,16,18H,3-4,6-8,11H2,1-2H3. The summed E-state index contributed by atoms with van der Waals surface area (Å²) in [4.78, 5) is 16.2. The Labute approximate surface area is 131 Å². The van der Waals surface area contributed by atoms with Gasteiger partial charge in [-0.1, -0.05) is 39.2 Å². The van der Waals surface area contributed by atoms with Gasteiger partial charge in [-0.25, -0.2) is 0 Å². The predicted molar refractivity (Wildman–Crippen MR) is 87.1 cm³/mol. The number of nitrogens with zero attached hydrogens (tertiary/aromatic N) is 1. The van der Waals surface area contributed by atoms with Crippen molar-refractivity contribution in [1.82, 2.24) is 10.2 Å². The molecule has 1 aromatic rings. The van der Waals surface area contributed by atoms with Crippen molar-refractivity contribution in [3.8, 4) is 0 Å². The van der Waals surface area contributed by atoms with Crippen LogP contribution in [0.15, 0.2) is 17.5 Å². The average Bonchev–Trinajstić information content (AvgIpc) is 3.17. The maximum Gasteiger partial charge on any atom is 0.241 e. The molecular formula is C17H26N2OS. The van der Waals surface area contributed by atoms with Gasteiger partial charge in [0.1, 0.15) is 6.17 Å². The molecule has 1 aromatic heterocycles. The lowest BCUT2D eigenvalue weighted by Gasteiger charge is -2.28. The summed E-state index contributed by atoms with van der Waals surface area (Å²) in [6, 6.07) is 4.24. The number of hydrogen-bond donors (Lipinski definition) is 1. The van der Waals surface area contributed by atoms with Crippen molar-refractivity contribution in [3.63, 3.8) is 0 Å². The molecule has 1 N–H and O–H groups in total. The summed E-state index contributed by atoms with van der Waals surface area (Å²) in [5.41, 5.74) is 0. The lowest BCUT2D eigenvalue weighted by atomic mass is 9.97. The van der Waals surface area contributed by atoms with Crippen LogP contribution in [0.5, 0.6) is 0 Å². The molecule has 1 saturated carbocycles. The zero-order chi connectivity index (χ0) is 14.8. The Morgan fingerprint density at radius 3 is 2.90 bits per heavy atom. The lowest BCUT2D eigenvalue weighted by molar-refractivity contribution is -0.131. The Morgan fingerprint density at radius 2 is 2.29 bits per heavy atom. The van der Waals surface area contributed by atoms with Gasteiger partial charge in [-0.3, -0.25) is 10.1 Å². The smallest absolute Gasteiger partial charge is 0.241 e. The molecule has 2 heterocycles. The summed E-state index contributed by atoms with van der Waals surface area (Å²) in [6.45, 7) is 5.42. The molecule has 0 spiro atoms. The number of rotatable bonds is 5. The van der Waals surface area contributed by atoms with E-state index in [0.717, 1.165) is 25.3 Å². The third-order valence-electron chi connectivity index (χ3n) is 5.11. The first kappa shape index (κ1) is 15.0. The van der Waals surface area contributed by atoms with Crippen LogP contribution in [0.1, 0.15) is 57.0 Å². The Bertz CT molecular complexity index is 473. The van der Waals surface area contributed by atoms with Crippen molar-refractivity contribution in [2.75, 3.05) is 6.54 Å². The molecule has 1 saturated heterocycles. The second-order valence-corrected chi connectivity index (χ2v) is 7.56. The van der Waals surface area contributed by atoms with E-state index in [1.165, 1.54) is 24.1 Å². The van der Waals surface area contributed by atoms with E-state index in [0.29, 0.717) is 11.8 Å². The van der Waals surface area contributed by atoms with E-state index >= 15 is 0 Å². The minimum atomic E-state index is 0.0128. The number of carbonyl (C=O) groups is 1. The van der Waals surface area contributed by atoms with Crippen LogP contribution >= 0.6 is 11.3 Å². The first-order valence-electron chi connectivity index (χ1n) is 8.30. The van der Waals surface area contributed by atoms with Crippen LogP contribution in [-0.2, 0) is 4.79 Å². The van der Waals surface area contributed by atoms with Crippen LogP contribution in [0, 0.1) is 11.8 Å². The molecule has 3 nitrogen and oxygen atoms in total. The summed E-state index contributed by atoms with van der Waals surface area (Å²) in [7, 11) is 0. The fourth-order valence-corrected chi connectivity index (χ4v) is 4.59. The van der Waals surface area contributed by atoms with E-state index in [1.807, 2.05) is 0 Å². The molecule has 0 aromatic carbocycles. The largest absolute Gasteiger partial charge is 0.320 e. The topological polar surface area (TPSA) is 32.3 Å². The van der Waals surface area contributed by atoms with Gasteiger partial charge in [0.05, 0.1) is 6.04 Å². The van der Waals surface area contributed by atoms with Gasteiger partial charge >= 0.3 is 0 Å². The molecule has 1 amide bonds. The highest BCUT2D eigenvalue weighted by atomic mass is 32.1. The van der Waals surface area contributed by atoms with Gasteiger partial charge in [-0.05, 0) is 36.1 Å². The summed E-state index contributed by atoms with van der Waals surface area (Å²) in [6.07, 6.45) is 6.01. The minimum Gasteiger partial charge on any atom is -0.320 e. The van der Waals surface area contributed by atoms with Crippen LogP contribution in [-0.4, -0.2) is 23.4 Å². The van der Waals surface area contributed by atoms with E-state index in [4.69, 9.17) is 0 Å². The molecule has 2 fully saturated rings. The first-order valence-corrected chi connectivity index (χ1v) is 9.18. The van der Waals surface area contributed by atoms with Gasteiger partial charge in [-0.2, -0.15) is 0 Å². The third kappa shape index (κ3) is 3.02. The fourth-order valence-electron chi connectivity index (χ4n) is 3.80. The summed E-state index contributed by atoms with van der Waals surface area (Å²) < 4.78 is 0. The zero-order valence-corrected chi connectivity index (χ0v) is 13.9. The maximum atomic E-state index is 12.8. The van der Waals surface area contributed by atoms with Crippen molar-refractivity contribution in [1.29, 1.82) is 0 Å². The van der Waals surface area contributed by atoms with E-state index in [1.54, 1.807) is 11.3 Å². The van der Waals surface area contributed by atoms with Crippen molar-refractivity contribution >= 4 is 17.2 Å². The normalized spacial score (nSPS) is 33.0. The highest BCUT2D eigenvalue weighted by molar-refractivity contribution is 7.10. The number of amides is 1. The Morgan fingerprint density at radius 1 is 1.43 bits per heavy atom. The average molecular weight is 306 g/mol. The van der Waals surface area contributed by atoms with Gasteiger partial charge in [0.25, 0.3) is 0 Å². The molecular weight excluding hydrogens is 280 g/mol. The molecule has 0 bridgehead atoms. The van der Waals surface area contributed by atoms with Crippen LogP contribution in [0.2, 0.25) is 0 Å². The van der Waals surface area contributed by atoms with Gasteiger partial charge in [0.2, 0.25) is 5.91 Å². The fraction of sp³-hybridized carbons (Fsp3) is 0.706. The zero-order valence-electron chi connectivity index (χ0n) is 13.0. The van der Waals surface area contributed by atoms with Crippen molar-refractivity contribution in [2.45, 2.75) is 58.2 Å². The summed E-state index contributed by atoms with van der Waals surface area (Å²) >= 11 is 1.75. The number of thiophene rings is 1. The Hall–Kier alpha value is -0.870. The molecule has 4 atom stereocenters. The predicted octanol–water partition coefficient (Wildman–Crippen LogP) is 3.78. The molecule has 1 aliphatic heterocycles. The summed E-state index contributed by atoms with van der Waals surface area (Å²) in [5.74, 6) is 1.75. The van der Waals surface area contributed by atoms with Crippen LogP contribution < -0.4 is 5.32 Å². The molecule has 21 heavy (non-hydrogen) atoms. The molecule has 4 heteroatoms. The van der Waals surface area contributed by atoms with Gasteiger partial charge in [0, 0.05) is 11.4 Å². The first-order chi connectivity index (χ1) is 10.2. The van der Waals surface area contributed by atoms with Gasteiger partial charge < -0.3 is 4.90 Å². The third-order valence-corrected chi connectivity index (χ3v) is 6.04. The van der Waals surface area contributed by atoms with E-state index in [-0.39, 0.29) is 12.2 Å². The maximum absolute atomic E-state index is 12.8. The number of hydrogen-bond acceptors (Lipinski definition) is 3. The quantitative estimate of drug-likeness (QED) is 0.898. The van der Waals surface area contributed by atoms with Crippen molar-refractivity contribution in [3.05, 3.63) is 22.4 Å². The van der Waals surface area contributed by atoms with Crippen LogP contribution in [0.4, 0.5) is 0 Å². The molecule has 3 rings (SSSR count). The SMILES string of the molecule is CCCC1NC(c2cccs2)N(CC2CCCC2C)C1=O. The molecule has 0 radical (unpaired) electrons. The van der Waals surface area contributed by atoms with E-state index in [2.05, 4.69) is 41.6 Å². The summed E-state index contributed by atoms with van der Waals surface area (Å²) in [5, 5.41) is 5.67. The highest BCUT2D eigenvalue weighted by Gasteiger charge is 2.41. The number of nitrogens with one attached hydrogen (secondary N) is 1. The molecule has 2 aliphatic rings. The number of carbonyl (C=O) groups excluding carboxylic acids is 1. The van der Waals surface area contributed by atoms with Gasteiger partial charge in [0.15, 0.2) is 0 Å². The Balaban J connectivity index is 1.77. The molecule has 116 valence electrons. The Kier molecular flexibility index (Phi) is 4.65. The molecule has 1 aliphatic carbocycles. The molecule has 4 unspecified atom stereocenters.